The van der Waals surface area contributed by atoms with Crippen molar-refractivity contribution < 1.29 is 14.7 Å². The standard InChI is InChI=1S/C46H42N2O3S/c49-43(48-33-19-32-42(48)44(50)51)41(47-45(35-20-7-1-8-21-35,36-22-9-2-10-23-36)37-24-11-3-12-25-37)34-52-46(38-26-13-4-14-27-38,39-28-15-5-16-29-39)40-30-17-6-18-31-40/h1-18,20-31,41-42,47H,19,32-34H2,(H,50,51)/t41-,42+/m1/s1. The lowest BCUT2D eigenvalue weighted by atomic mass is 9.76. The second kappa shape index (κ2) is 15.9. The number of aliphatic carboxylic acids is 1. The third kappa shape index (κ3) is 6.80. The molecule has 52 heavy (non-hydrogen) atoms. The largest absolute Gasteiger partial charge is 0.480 e. The van der Waals surface area contributed by atoms with Crippen LogP contribution in [0.3, 0.4) is 0 Å². The topological polar surface area (TPSA) is 69.6 Å². The summed E-state index contributed by atoms with van der Waals surface area (Å²) in [5.41, 5.74) is 5.26. The second-order valence-electron chi connectivity index (χ2n) is 13.2. The summed E-state index contributed by atoms with van der Waals surface area (Å²) in [5.74, 6) is -0.841. The SMILES string of the molecule is O=C(O)[C@@H]1CCCN1C(=O)[C@@H](CSC(c1ccccc1)(c1ccccc1)c1ccccc1)NC(c1ccccc1)(c1ccccc1)c1ccccc1. The van der Waals surface area contributed by atoms with Gasteiger partial charge in [-0.15, -0.1) is 11.8 Å². The van der Waals surface area contributed by atoms with Gasteiger partial charge in [0, 0.05) is 12.3 Å². The van der Waals surface area contributed by atoms with E-state index in [4.69, 9.17) is 0 Å². The Kier molecular flexibility index (Phi) is 10.7. The summed E-state index contributed by atoms with van der Waals surface area (Å²) in [6, 6.07) is 60.4. The predicted octanol–water partition coefficient (Wildman–Crippen LogP) is 8.74. The molecular formula is C46H42N2O3S. The lowest BCUT2D eigenvalue weighted by molar-refractivity contribution is -0.148. The van der Waals surface area contributed by atoms with Crippen LogP contribution in [0, 0.1) is 0 Å². The number of hydrogen-bond donors (Lipinski definition) is 2. The highest BCUT2D eigenvalue weighted by atomic mass is 32.2. The molecule has 1 heterocycles. The average Bonchev–Trinajstić information content (AvgIpc) is 3.72. The minimum absolute atomic E-state index is 0.215. The number of amides is 1. The number of thioether (sulfide) groups is 1. The molecule has 0 radical (unpaired) electrons. The lowest BCUT2D eigenvalue weighted by Gasteiger charge is -2.42. The number of carbonyl (C=O) groups excluding carboxylic acids is 1. The molecule has 1 amide bonds. The van der Waals surface area contributed by atoms with Crippen LogP contribution in [0.5, 0.6) is 0 Å². The summed E-state index contributed by atoms with van der Waals surface area (Å²) < 4.78 is -0.684. The second-order valence-corrected chi connectivity index (χ2v) is 14.4. The third-order valence-corrected chi connectivity index (χ3v) is 11.8. The van der Waals surface area contributed by atoms with Crippen LogP contribution in [-0.4, -0.2) is 46.3 Å². The molecule has 1 aliphatic rings. The van der Waals surface area contributed by atoms with E-state index in [1.54, 1.807) is 16.7 Å². The molecule has 0 aliphatic carbocycles. The molecule has 260 valence electrons. The van der Waals surface area contributed by atoms with Gasteiger partial charge in [0.1, 0.15) is 6.04 Å². The Morgan fingerprint density at radius 3 is 1.29 bits per heavy atom. The summed E-state index contributed by atoms with van der Waals surface area (Å²) in [7, 11) is 0. The van der Waals surface area contributed by atoms with Crippen LogP contribution in [0.15, 0.2) is 182 Å². The lowest BCUT2D eigenvalue weighted by Crippen LogP contribution is -2.58. The van der Waals surface area contributed by atoms with E-state index in [-0.39, 0.29) is 5.91 Å². The first-order valence-electron chi connectivity index (χ1n) is 17.8. The van der Waals surface area contributed by atoms with Gasteiger partial charge in [-0.2, -0.15) is 0 Å². The van der Waals surface area contributed by atoms with Crippen molar-refractivity contribution in [3.63, 3.8) is 0 Å². The van der Waals surface area contributed by atoms with Gasteiger partial charge in [0.05, 0.1) is 16.3 Å². The van der Waals surface area contributed by atoms with Crippen LogP contribution in [-0.2, 0) is 19.9 Å². The van der Waals surface area contributed by atoms with Gasteiger partial charge < -0.3 is 10.0 Å². The van der Waals surface area contributed by atoms with E-state index in [0.717, 1.165) is 33.4 Å². The van der Waals surface area contributed by atoms with Crippen molar-refractivity contribution in [2.24, 2.45) is 0 Å². The predicted molar refractivity (Wildman–Crippen MR) is 210 cm³/mol. The number of hydrogen-bond acceptors (Lipinski definition) is 4. The molecule has 6 aromatic carbocycles. The zero-order chi connectivity index (χ0) is 35.8. The molecule has 0 saturated carbocycles. The molecular weight excluding hydrogens is 661 g/mol. The summed E-state index contributed by atoms with van der Waals surface area (Å²) >= 11 is 1.70. The first-order chi connectivity index (χ1) is 25.5. The quantitative estimate of drug-likeness (QED) is 0.118. The molecule has 0 unspecified atom stereocenters. The van der Waals surface area contributed by atoms with E-state index in [0.29, 0.717) is 25.1 Å². The Hall–Kier alpha value is -5.43. The Morgan fingerprint density at radius 2 is 0.942 bits per heavy atom. The third-order valence-electron chi connectivity index (χ3n) is 10.1. The molecule has 2 N–H and O–H groups in total. The van der Waals surface area contributed by atoms with Crippen molar-refractivity contribution in [3.8, 4) is 0 Å². The van der Waals surface area contributed by atoms with Crippen molar-refractivity contribution in [2.75, 3.05) is 12.3 Å². The van der Waals surface area contributed by atoms with Gasteiger partial charge in [-0.3, -0.25) is 10.1 Å². The van der Waals surface area contributed by atoms with E-state index < -0.39 is 28.3 Å². The summed E-state index contributed by atoms with van der Waals surface area (Å²) in [4.78, 5) is 29.3. The van der Waals surface area contributed by atoms with Gasteiger partial charge in [0.15, 0.2) is 0 Å². The minimum Gasteiger partial charge on any atom is -0.480 e. The molecule has 1 fully saturated rings. The Balaban J connectivity index is 1.42. The first-order valence-corrected chi connectivity index (χ1v) is 18.8. The first kappa shape index (κ1) is 35.0. The fraction of sp³-hybridized carbons (Fsp3) is 0.174. The number of likely N-dealkylation sites (tertiary alicyclic amines) is 1. The maximum Gasteiger partial charge on any atom is 0.326 e. The van der Waals surface area contributed by atoms with E-state index in [9.17, 15) is 9.90 Å². The molecule has 0 spiro atoms. The van der Waals surface area contributed by atoms with Gasteiger partial charge >= 0.3 is 5.97 Å². The van der Waals surface area contributed by atoms with E-state index in [1.807, 2.05) is 72.8 Å². The Labute approximate surface area is 310 Å². The van der Waals surface area contributed by atoms with Crippen LogP contribution < -0.4 is 5.32 Å². The fourth-order valence-corrected chi connectivity index (χ4v) is 9.27. The molecule has 1 saturated heterocycles. The number of carboxylic acid groups (broad SMARTS) is 1. The van der Waals surface area contributed by atoms with Gasteiger partial charge in [-0.1, -0.05) is 182 Å². The van der Waals surface area contributed by atoms with E-state index in [2.05, 4.69) is 115 Å². The van der Waals surface area contributed by atoms with Crippen molar-refractivity contribution >= 4 is 23.6 Å². The smallest absolute Gasteiger partial charge is 0.326 e. The summed E-state index contributed by atoms with van der Waals surface area (Å²) in [6.45, 7) is 0.398. The molecule has 6 aromatic rings. The van der Waals surface area contributed by atoms with Gasteiger partial charge in [0.2, 0.25) is 5.91 Å². The fourth-order valence-electron chi connectivity index (χ4n) is 7.71. The highest BCUT2D eigenvalue weighted by Gasteiger charge is 2.45. The number of benzene rings is 6. The van der Waals surface area contributed by atoms with Gasteiger partial charge in [-0.05, 0) is 46.2 Å². The highest BCUT2D eigenvalue weighted by molar-refractivity contribution is 8.00. The molecule has 6 heteroatoms. The average molecular weight is 703 g/mol. The van der Waals surface area contributed by atoms with Crippen molar-refractivity contribution in [1.29, 1.82) is 0 Å². The molecule has 5 nitrogen and oxygen atoms in total. The molecule has 7 rings (SSSR count). The maximum absolute atomic E-state index is 15.1. The van der Waals surface area contributed by atoms with Crippen LogP contribution in [0.25, 0.3) is 0 Å². The number of carboxylic acids is 1. The van der Waals surface area contributed by atoms with Gasteiger partial charge in [0.25, 0.3) is 0 Å². The minimum atomic E-state index is -0.968. The summed E-state index contributed by atoms with van der Waals surface area (Å²) in [6.07, 6.45) is 1.08. The molecule has 1 aliphatic heterocycles. The van der Waals surface area contributed by atoms with E-state index >= 15 is 4.79 Å². The normalized spacial score (nSPS) is 15.2. The Bertz CT molecular complexity index is 1850. The van der Waals surface area contributed by atoms with Crippen molar-refractivity contribution in [2.45, 2.75) is 35.2 Å². The number of nitrogens with zero attached hydrogens (tertiary/aromatic N) is 1. The van der Waals surface area contributed by atoms with E-state index in [1.165, 1.54) is 0 Å². The highest BCUT2D eigenvalue weighted by Crippen LogP contribution is 2.49. The zero-order valence-corrected chi connectivity index (χ0v) is 29.7. The van der Waals surface area contributed by atoms with Crippen LogP contribution in [0.4, 0.5) is 0 Å². The maximum atomic E-state index is 15.1. The Morgan fingerprint density at radius 1 is 0.596 bits per heavy atom. The molecule has 0 aromatic heterocycles. The van der Waals surface area contributed by atoms with Gasteiger partial charge in [-0.25, -0.2) is 4.79 Å². The molecule has 2 atom stereocenters. The van der Waals surface area contributed by atoms with Crippen molar-refractivity contribution in [1.82, 2.24) is 10.2 Å². The number of rotatable bonds is 13. The molecule has 0 bridgehead atoms. The monoisotopic (exact) mass is 702 g/mol. The van der Waals surface area contributed by atoms with Crippen molar-refractivity contribution in [3.05, 3.63) is 215 Å². The van der Waals surface area contributed by atoms with Crippen LogP contribution in [0.1, 0.15) is 46.2 Å². The number of carbonyl (C=O) groups is 2. The summed E-state index contributed by atoms with van der Waals surface area (Å²) in [5, 5.41) is 14.2. The van der Waals surface area contributed by atoms with Crippen LogP contribution in [0.2, 0.25) is 0 Å². The zero-order valence-electron chi connectivity index (χ0n) is 28.9. The van der Waals surface area contributed by atoms with Crippen LogP contribution >= 0.6 is 11.8 Å². The number of nitrogens with one attached hydrogen (secondary N) is 1.